The van der Waals surface area contributed by atoms with E-state index in [2.05, 4.69) is 11.4 Å². The van der Waals surface area contributed by atoms with E-state index in [1.807, 2.05) is 18.2 Å². The maximum absolute atomic E-state index is 12.6. The van der Waals surface area contributed by atoms with Gasteiger partial charge in [0.1, 0.15) is 6.54 Å². The van der Waals surface area contributed by atoms with E-state index in [9.17, 15) is 13.2 Å². The molecule has 138 valence electrons. The second-order valence-electron chi connectivity index (χ2n) is 6.46. The first kappa shape index (κ1) is 18.7. The quantitative estimate of drug-likeness (QED) is 0.848. The van der Waals surface area contributed by atoms with Crippen LogP contribution >= 0.6 is 11.6 Å². The number of benzene rings is 2. The molecule has 0 saturated heterocycles. The van der Waals surface area contributed by atoms with Crippen molar-refractivity contribution in [1.82, 2.24) is 5.32 Å². The van der Waals surface area contributed by atoms with Gasteiger partial charge in [-0.15, -0.1) is 0 Å². The van der Waals surface area contributed by atoms with Crippen LogP contribution in [0.4, 0.5) is 5.69 Å². The maximum Gasteiger partial charge on any atom is 0.241 e. The standard InChI is InChI=1S/C19H21ClN2O3S/c1-26(24,25)22(16-11-9-15(20)10-12-16)13-19(23)21-18-8-4-6-14-5-2-3-7-17(14)18/h2-3,5,7,9-12,18H,4,6,8,13H2,1H3,(H,21,23)/t18-/m1/s1. The summed E-state index contributed by atoms with van der Waals surface area (Å²) in [6.45, 7) is -0.265. The lowest BCUT2D eigenvalue weighted by Gasteiger charge is -2.28. The van der Waals surface area contributed by atoms with Crippen molar-refractivity contribution >= 4 is 33.2 Å². The number of nitrogens with zero attached hydrogens (tertiary/aromatic N) is 1. The van der Waals surface area contributed by atoms with Crippen molar-refractivity contribution in [3.05, 3.63) is 64.7 Å². The molecule has 2 aromatic carbocycles. The van der Waals surface area contributed by atoms with Crippen LogP contribution in [0.15, 0.2) is 48.5 Å². The van der Waals surface area contributed by atoms with Crippen molar-refractivity contribution in [2.75, 3.05) is 17.1 Å². The fourth-order valence-corrected chi connectivity index (χ4v) is 4.26. The van der Waals surface area contributed by atoms with Crippen molar-refractivity contribution in [2.45, 2.75) is 25.3 Å². The van der Waals surface area contributed by atoms with Gasteiger partial charge in [-0.3, -0.25) is 9.10 Å². The van der Waals surface area contributed by atoms with Crippen molar-refractivity contribution in [2.24, 2.45) is 0 Å². The third-order valence-corrected chi connectivity index (χ3v) is 5.90. The van der Waals surface area contributed by atoms with E-state index in [1.54, 1.807) is 24.3 Å². The number of carbonyl (C=O) groups is 1. The summed E-state index contributed by atoms with van der Waals surface area (Å²) in [5, 5.41) is 3.49. The zero-order valence-electron chi connectivity index (χ0n) is 14.5. The molecule has 1 aliphatic rings. The highest BCUT2D eigenvalue weighted by molar-refractivity contribution is 7.92. The molecule has 1 amide bonds. The maximum atomic E-state index is 12.6. The average molecular weight is 393 g/mol. The molecule has 5 nitrogen and oxygen atoms in total. The second kappa shape index (κ2) is 7.68. The molecule has 1 aliphatic carbocycles. The minimum Gasteiger partial charge on any atom is -0.348 e. The first-order valence-corrected chi connectivity index (χ1v) is 10.7. The van der Waals surface area contributed by atoms with Crippen LogP contribution in [0.5, 0.6) is 0 Å². The van der Waals surface area contributed by atoms with Gasteiger partial charge < -0.3 is 5.32 Å². The van der Waals surface area contributed by atoms with Crippen molar-refractivity contribution in [3.63, 3.8) is 0 Å². The van der Waals surface area contributed by atoms with Gasteiger partial charge in [0, 0.05) is 5.02 Å². The lowest BCUT2D eigenvalue weighted by atomic mass is 9.88. The molecule has 7 heteroatoms. The van der Waals surface area contributed by atoms with Gasteiger partial charge in [0.15, 0.2) is 0 Å². The third kappa shape index (κ3) is 4.37. The molecule has 3 rings (SSSR count). The van der Waals surface area contributed by atoms with Crippen molar-refractivity contribution in [3.8, 4) is 0 Å². The fourth-order valence-electron chi connectivity index (χ4n) is 3.28. The summed E-state index contributed by atoms with van der Waals surface area (Å²) < 4.78 is 25.4. The molecular formula is C19H21ClN2O3S. The summed E-state index contributed by atoms with van der Waals surface area (Å²) in [5.41, 5.74) is 2.77. The second-order valence-corrected chi connectivity index (χ2v) is 8.80. The molecule has 0 unspecified atom stereocenters. The molecule has 2 aromatic rings. The summed E-state index contributed by atoms with van der Waals surface area (Å²) in [6, 6.07) is 14.3. The zero-order valence-corrected chi connectivity index (χ0v) is 16.1. The Balaban J connectivity index is 1.76. The van der Waals surface area contributed by atoms with Gasteiger partial charge in [-0.2, -0.15) is 0 Å². The monoisotopic (exact) mass is 392 g/mol. The zero-order chi connectivity index (χ0) is 18.7. The molecule has 0 bridgehead atoms. The highest BCUT2D eigenvalue weighted by atomic mass is 35.5. The van der Waals surface area contributed by atoms with E-state index in [0.717, 1.165) is 35.4 Å². The van der Waals surface area contributed by atoms with E-state index in [1.165, 1.54) is 5.56 Å². The van der Waals surface area contributed by atoms with Crippen LogP contribution in [0.1, 0.15) is 30.0 Å². The topological polar surface area (TPSA) is 66.5 Å². The lowest BCUT2D eigenvalue weighted by molar-refractivity contribution is -0.120. The minimum atomic E-state index is -3.60. The van der Waals surface area contributed by atoms with E-state index < -0.39 is 10.0 Å². The number of hydrogen-bond donors (Lipinski definition) is 1. The van der Waals surface area contributed by atoms with Gasteiger partial charge in [-0.05, 0) is 54.7 Å². The Kier molecular flexibility index (Phi) is 5.53. The van der Waals surface area contributed by atoms with E-state index in [4.69, 9.17) is 11.6 Å². The van der Waals surface area contributed by atoms with E-state index >= 15 is 0 Å². The summed E-state index contributed by atoms with van der Waals surface area (Å²) in [5.74, 6) is -0.327. The number of anilines is 1. The van der Waals surface area contributed by atoms with Gasteiger partial charge in [0.05, 0.1) is 18.0 Å². The molecule has 26 heavy (non-hydrogen) atoms. The number of halogens is 1. The molecule has 0 spiro atoms. The van der Waals surface area contributed by atoms with Crippen LogP contribution in [0.25, 0.3) is 0 Å². The van der Waals surface area contributed by atoms with Crippen LogP contribution in [-0.4, -0.2) is 27.1 Å². The van der Waals surface area contributed by atoms with Gasteiger partial charge in [0.2, 0.25) is 15.9 Å². The van der Waals surface area contributed by atoms with E-state index in [0.29, 0.717) is 10.7 Å². The number of hydrogen-bond acceptors (Lipinski definition) is 3. The largest absolute Gasteiger partial charge is 0.348 e. The minimum absolute atomic E-state index is 0.0842. The Morgan fingerprint density at radius 3 is 2.58 bits per heavy atom. The van der Waals surface area contributed by atoms with Crippen LogP contribution in [-0.2, 0) is 21.2 Å². The van der Waals surface area contributed by atoms with Crippen molar-refractivity contribution < 1.29 is 13.2 Å². The number of rotatable bonds is 5. The first-order valence-electron chi connectivity index (χ1n) is 8.45. The number of aryl methyl sites for hydroxylation is 1. The average Bonchev–Trinajstić information content (AvgIpc) is 2.60. The highest BCUT2D eigenvalue weighted by Gasteiger charge is 2.25. The van der Waals surface area contributed by atoms with E-state index in [-0.39, 0.29) is 18.5 Å². The van der Waals surface area contributed by atoms with Crippen LogP contribution in [0, 0.1) is 0 Å². The molecule has 0 fully saturated rings. The summed E-state index contributed by atoms with van der Waals surface area (Å²) in [6.07, 6.45) is 3.94. The van der Waals surface area contributed by atoms with Gasteiger partial charge in [0.25, 0.3) is 0 Å². The Bertz CT molecular complexity index is 897. The van der Waals surface area contributed by atoms with Crippen LogP contribution in [0.3, 0.4) is 0 Å². The molecule has 0 aromatic heterocycles. The van der Waals surface area contributed by atoms with Crippen LogP contribution < -0.4 is 9.62 Å². The Morgan fingerprint density at radius 2 is 1.88 bits per heavy atom. The fraction of sp³-hybridized carbons (Fsp3) is 0.316. The number of sulfonamides is 1. The lowest BCUT2D eigenvalue weighted by Crippen LogP contribution is -2.42. The highest BCUT2D eigenvalue weighted by Crippen LogP contribution is 2.29. The molecule has 0 radical (unpaired) electrons. The summed E-state index contributed by atoms with van der Waals surface area (Å²) in [4.78, 5) is 12.6. The molecule has 0 saturated carbocycles. The molecule has 0 aliphatic heterocycles. The predicted octanol–water partition coefficient (Wildman–Crippen LogP) is 3.30. The van der Waals surface area contributed by atoms with Crippen LogP contribution in [0.2, 0.25) is 5.02 Å². The number of carbonyl (C=O) groups excluding carboxylic acids is 1. The normalized spacial score (nSPS) is 16.6. The Morgan fingerprint density at radius 1 is 1.19 bits per heavy atom. The van der Waals surface area contributed by atoms with Gasteiger partial charge in [-0.1, -0.05) is 35.9 Å². The van der Waals surface area contributed by atoms with Crippen molar-refractivity contribution in [1.29, 1.82) is 0 Å². The summed E-state index contributed by atoms with van der Waals surface area (Å²) >= 11 is 5.87. The summed E-state index contributed by atoms with van der Waals surface area (Å²) in [7, 11) is -3.60. The third-order valence-electron chi connectivity index (χ3n) is 4.51. The van der Waals surface area contributed by atoms with Gasteiger partial charge in [-0.25, -0.2) is 8.42 Å². The Hall–Kier alpha value is -2.05. The molecule has 0 heterocycles. The molecule has 1 N–H and O–H groups in total. The predicted molar refractivity (Wildman–Crippen MR) is 104 cm³/mol. The number of amides is 1. The first-order chi connectivity index (χ1) is 12.3. The van der Waals surface area contributed by atoms with Gasteiger partial charge >= 0.3 is 0 Å². The Labute approximate surface area is 159 Å². The SMILES string of the molecule is CS(=O)(=O)N(CC(=O)N[C@@H]1CCCc2ccccc21)c1ccc(Cl)cc1. The molecule has 1 atom stereocenters. The number of fused-ring (bicyclic) bond motifs is 1. The smallest absolute Gasteiger partial charge is 0.241 e. The molecular weight excluding hydrogens is 372 g/mol. The number of nitrogens with one attached hydrogen (secondary N) is 1.